The highest BCUT2D eigenvalue weighted by atomic mass is 32.1. The Morgan fingerprint density at radius 1 is 1.38 bits per heavy atom. The first-order valence-electron chi connectivity index (χ1n) is 8.34. The van der Waals surface area contributed by atoms with Crippen molar-refractivity contribution in [3.63, 3.8) is 0 Å². The van der Waals surface area contributed by atoms with Gasteiger partial charge in [0.1, 0.15) is 5.69 Å². The molecule has 6 nitrogen and oxygen atoms in total. The van der Waals surface area contributed by atoms with E-state index in [0.29, 0.717) is 11.6 Å². The van der Waals surface area contributed by atoms with Crippen molar-refractivity contribution < 1.29 is 9.59 Å². The zero-order chi connectivity index (χ0) is 16.7. The molecule has 2 amide bonds. The number of nitrogens with one attached hydrogen (secondary N) is 1. The van der Waals surface area contributed by atoms with Crippen molar-refractivity contribution in [2.45, 2.75) is 38.4 Å². The molecule has 0 unspecified atom stereocenters. The molecule has 2 aliphatic rings. The second kappa shape index (κ2) is 6.05. The number of nitrogens with zero attached hydrogens (tertiary/aromatic N) is 3. The minimum Gasteiger partial charge on any atom is -0.347 e. The maximum atomic E-state index is 12.8. The van der Waals surface area contributed by atoms with Crippen LogP contribution in [-0.4, -0.2) is 45.1 Å². The molecule has 7 heteroatoms. The van der Waals surface area contributed by atoms with Gasteiger partial charge in [-0.3, -0.25) is 14.3 Å². The quantitative estimate of drug-likeness (QED) is 0.922. The van der Waals surface area contributed by atoms with Gasteiger partial charge in [0.2, 0.25) is 0 Å². The number of carbonyl (C=O) groups is 2. The van der Waals surface area contributed by atoms with Gasteiger partial charge >= 0.3 is 0 Å². The van der Waals surface area contributed by atoms with Crippen LogP contribution in [0.3, 0.4) is 0 Å². The van der Waals surface area contributed by atoms with Crippen LogP contribution in [0.2, 0.25) is 0 Å². The molecule has 1 saturated heterocycles. The van der Waals surface area contributed by atoms with Crippen LogP contribution >= 0.6 is 11.3 Å². The number of carbonyl (C=O) groups excluding carboxylic acids is 2. The van der Waals surface area contributed by atoms with Crippen LogP contribution in [0.1, 0.15) is 39.9 Å². The Hall–Kier alpha value is -2.15. The minimum atomic E-state index is -0.0368. The van der Waals surface area contributed by atoms with Gasteiger partial charge in [-0.2, -0.15) is 5.10 Å². The molecule has 3 atom stereocenters. The molecule has 24 heavy (non-hydrogen) atoms. The molecule has 2 bridgehead atoms. The molecular formula is C17H20N4O2S. The molecule has 1 N–H and O–H groups in total. The highest BCUT2D eigenvalue weighted by molar-refractivity contribution is 7.12. The van der Waals surface area contributed by atoms with E-state index in [0.717, 1.165) is 30.8 Å². The van der Waals surface area contributed by atoms with E-state index >= 15 is 0 Å². The van der Waals surface area contributed by atoms with E-state index in [1.165, 1.54) is 11.3 Å². The lowest BCUT2D eigenvalue weighted by atomic mass is 10.1. The predicted molar refractivity (Wildman–Crippen MR) is 91.0 cm³/mol. The van der Waals surface area contributed by atoms with E-state index in [2.05, 4.69) is 10.4 Å². The SMILES string of the molecule is CCn1ccc(C(=O)N2C[C@@H]3C[C@H](NC(=O)c4cccs4)[C@H]2C3)n1. The second-order valence-electron chi connectivity index (χ2n) is 6.48. The van der Waals surface area contributed by atoms with Gasteiger partial charge in [0.25, 0.3) is 11.8 Å². The normalized spacial score (nSPS) is 25.2. The standard InChI is InChI=1S/C17H20N4O2S/c1-2-20-6-5-12(19-20)17(23)21-10-11-8-13(14(21)9-11)18-16(22)15-4-3-7-24-15/h3-7,11,13-14H,2,8-10H2,1H3,(H,18,22)/t11-,13+,14-/m1/s1. The highest BCUT2D eigenvalue weighted by Crippen LogP contribution is 2.38. The average Bonchev–Trinajstić information content (AvgIpc) is 3.37. The Bertz CT molecular complexity index is 754. The number of likely N-dealkylation sites (tertiary alicyclic amines) is 1. The Kier molecular flexibility index (Phi) is 3.88. The number of aryl methyl sites for hydroxylation is 1. The van der Waals surface area contributed by atoms with Crippen LogP contribution in [0, 0.1) is 5.92 Å². The molecule has 0 spiro atoms. The van der Waals surface area contributed by atoms with Gasteiger partial charge < -0.3 is 10.2 Å². The number of aromatic nitrogens is 2. The smallest absolute Gasteiger partial charge is 0.274 e. The number of thiophene rings is 1. The van der Waals surface area contributed by atoms with Gasteiger partial charge in [-0.25, -0.2) is 0 Å². The Labute approximate surface area is 144 Å². The Morgan fingerprint density at radius 3 is 2.92 bits per heavy atom. The molecule has 2 aromatic rings. The zero-order valence-corrected chi connectivity index (χ0v) is 14.3. The molecule has 126 valence electrons. The molecule has 4 rings (SSSR count). The Balaban J connectivity index is 1.46. The van der Waals surface area contributed by atoms with Crippen molar-refractivity contribution in [2.24, 2.45) is 5.92 Å². The second-order valence-corrected chi connectivity index (χ2v) is 7.42. The molecule has 1 saturated carbocycles. The third-order valence-corrected chi connectivity index (χ3v) is 5.86. The summed E-state index contributed by atoms with van der Waals surface area (Å²) in [5.41, 5.74) is 0.493. The molecule has 2 fully saturated rings. The van der Waals surface area contributed by atoms with E-state index in [1.807, 2.05) is 35.5 Å². The number of fused-ring (bicyclic) bond motifs is 2. The molecule has 2 aromatic heterocycles. The number of hydrogen-bond acceptors (Lipinski definition) is 4. The van der Waals surface area contributed by atoms with Gasteiger partial charge in [-0.05, 0) is 43.2 Å². The van der Waals surface area contributed by atoms with E-state index in [-0.39, 0.29) is 23.9 Å². The number of amides is 2. The molecule has 0 radical (unpaired) electrons. The summed E-state index contributed by atoms with van der Waals surface area (Å²) in [4.78, 5) is 27.7. The van der Waals surface area contributed by atoms with Gasteiger partial charge in [0, 0.05) is 25.3 Å². The zero-order valence-electron chi connectivity index (χ0n) is 13.5. The summed E-state index contributed by atoms with van der Waals surface area (Å²) >= 11 is 1.44. The van der Waals surface area contributed by atoms with Crippen LogP contribution in [0.15, 0.2) is 29.8 Å². The number of hydrogen-bond donors (Lipinski definition) is 1. The highest BCUT2D eigenvalue weighted by Gasteiger charge is 2.47. The fraction of sp³-hybridized carbons (Fsp3) is 0.471. The number of piperidine rings is 1. The van der Waals surface area contributed by atoms with Gasteiger partial charge in [0.05, 0.1) is 10.9 Å². The van der Waals surface area contributed by atoms with Crippen LogP contribution in [-0.2, 0) is 6.54 Å². The van der Waals surface area contributed by atoms with Crippen LogP contribution in [0.4, 0.5) is 0 Å². The summed E-state index contributed by atoms with van der Waals surface area (Å²) in [6, 6.07) is 5.60. The third-order valence-electron chi connectivity index (χ3n) is 4.99. The molecule has 1 aliphatic carbocycles. The molecule has 1 aliphatic heterocycles. The van der Waals surface area contributed by atoms with Gasteiger partial charge in [-0.15, -0.1) is 11.3 Å². The fourth-order valence-electron chi connectivity index (χ4n) is 3.86. The van der Waals surface area contributed by atoms with E-state index in [1.54, 1.807) is 10.7 Å². The van der Waals surface area contributed by atoms with Gasteiger partial charge in [-0.1, -0.05) is 6.07 Å². The first-order chi connectivity index (χ1) is 11.7. The minimum absolute atomic E-state index is 0.0234. The fourth-order valence-corrected chi connectivity index (χ4v) is 4.49. The van der Waals surface area contributed by atoms with Crippen molar-refractivity contribution >= 4 is 23.2 Å². The summed E-state index contributed by atoms with van der Waals surface area (Å²) in [6.07, 6.45) is 3.75. The maximum Gasteiger partial charge on any atom is 0.274 e. The predicted octanol–water partition coefficient (Wildman–Crippen LogP) is 2.00. The number of rotatable bonds is 4. The largest absolute Gasteiger partial charge is 0.347 e. The van der Waals surface area contributed by atoms with E-state index in [4.69, 9.17) is 0 Å². The summed E-state index contributed by atoms with van der Waals surface area (Å²) in [5.74, 6) is 0.413. The first kappa shape index (κ1) is 15.4. The van der Waals surface area contributed by atoms with Gasteiger partial charge in [0.15, 0.2) is 0 Å². The Morgan fingerprint density at radius 2 is 2.25 bits per heavy atom. The summed E-state index contributed by atoms with van der Waals surface area (Å²) in [7, 11) is 0. The first-order valence-corrected chi connectivity index (χ1v) is 9.22. The topological polar surface area (TPSA) is 67.2 Å². The van der Waals surface area contributed by atoms with Crippen molar-refractivity contribution in [3.8, 4) is 0 Å². The monoisotopic (exact) mass is 344 g/mol. The van der Waals surface area contributed by atoms with Crippen molar-refractivity contribution in [1.29, 1.82) is 0 Å². The van der Waals surface area contributed by atoms with Crippen molar-refractivity contribution in [3.05, 3.63) is 40.3 Å². The molecule has 0 aromatic carbocycles. The van der Waals surface area contributed by atoms with Crippen LogP contribution in [0.25, 0.3) is 0 Å². The molecule has 3 heterocycles. The van der Waals surface area contributed by atoms with Crippen molar-refractivity contribution in [1.82, 2.24) is 20.0 Å². The van der Waals surface area contributed by atoms with Crippen LogP contribution < -0.4 is 5.32 Å². The maximum absolute atomic E-state index is 12.8. The lowest BCUT2D eigenvalue weighted by Crippen LogP contribution is -2.52. The molecular weight excluding hydrogens is 324 g/mol. The summed E-state index contributed by atoms with van der Waals surface area (Å²) < 4.78 is 1.76. The van der Waals surface area contributed by atoms with E-state index in [9.17, 15) is 9.59 Å². The van der Waals surface area contributed by atoms with Crippen LogP contribution in [0.5, 0.6) is 0 Å². The third kappa shape index (κ3) is 2.62. The summed E-state index contributed by atoms with van der Waals surface area (Å²) in [5, 5.41) is 9.34. The lowest BCUT2D eigenvalue weighted by Gasteiger charge is -2.33. The summed E-state index contributed by atoms with van der Waals surface area (Å²) in [6.45, 7) is 3.52. The average molecular weight is 344 g/mol. The van der Waals surface area contributed by atoms with Crippen molar-refractivity contribution in [2.75, 3.05) is 6.54 Å². The van der Waals surface area contributed by atoms with E-state index < -0.39 is 0 Å². The lowest BCUT2D eigenvalue weighted by molar-refractivity contribution is 0.0642.